The normalized spacial score (nSPS) is 18.2. The highest BCUT2D eigenvalue weighted by molar-refractivity contribution is 8.00. The largest absolute Gasteiger partial charge is 0.369 e. The van der Waals surface area contributed by atoms with Gasteiger partial charge in [-0.15, -0.1) is 0 Å². The number of hydrogen-bond donors (Lipinski definition) is 2. The van der Waals surface area contributed by atoms with Crippen LogP contribution in [0, 0.1) is 10.1 Å². The molecule has 6 nitrogen and oxygen atoms in total. The average molecular weight is 282 g/mol. The van der Waals surface area contributed by atoms with E-state index in [1.807, 2.05) is 17.8 Å². The number of non-ortho nitro benzene ring substituents is 1. The molecule has 0 atom stereocenters. The van der Waals surface area contributed by atoms with E-state index in [9.17, 15) is 10.1 Å². The average Bonchev–Trinajstić information content (AvgIpc) is 2.37. The minimum Gasteiger partial charge on any atom is -0.369 e. The monoisotopic (exact) mass is 282 g/mol. The Hall–Kier alpha value is -1.47. The van der Waals surface area contributed by atoms with Crippen LogP contribution in [0.2, 0.25) is 0 Å². The first-order chi connectivity index (χ1) is 8.91. The molecule has 0 spiro atoms. The fraction of sp³-hybridized carbons (Fsp3) is 0.500. The van der Waals surface area contributed by atoms with Crippen molar-refractivity contribution >= 4 is 28.8 Å². The van der Waals surface area contributed by atoms with Crippen molar-refractivity contribution in [2.24, 2.45) is 5.84 Å². The third kappa shape index (κ3) is 3.30. The second-order valence-electron chi connectivity index (χ2n) is 5.17. The number of nitrogens with two attached hydrogens (primary N) is 1. The Bertz CT molecular complexity index is 493. The van der Waals surface area contributed by atoms with Crippen molar-refractivity contribution in [2.45, 2.75) is 18.6 Å². The predicted molar refractivity (Wildman–Crippen MR) is 79.7 cm³/mol. The van der Waals surface area contributed by atoms with Crippen LogP contribution >= 0.6 is 11.8 Å². The van der Waals surface area contributed by atoms with Crippen molar-refractivity contribution in [2.75, 3.05) is 29.2 Å². The first-order valence-electron chi connectivity index (χ1n) is 6.06. The second kappa shape index (κ2) is 5.26. The molecule has 0 aromatic heterocycles. The molecule has 104 valence electrons. The molecule has 1 fully saturated rings. The lowest BCUT2D eigenvalue weighted by atomic mass is 10.1. The van der Waals surface area contributed by atoms with Crippen LogP contribution in [0.5, 0.6) is 0 Å². The van der Waals surface area contributed by atoms with Gasteiger partial charge in [0.15, 0.2) is 0 Å². The summed E-state index contributed by atoms with van der Waals surface area (Å²) in [5.74, 6) is 6.39. The predicted octanol–water partition coefficient (Wildman–Crippen LogP) is 2.21. The fourth-order valence-electron chi connectivity index (χ4n) is 2.20. The molecular weight excluding hydrogens is 264 g/mol. The van der Waals surface area contributed by atoms with E-state index in [4.69, 9.17) is 5.84 Å². The molecule has 1 saturated heterocycles. The lowest BCUT2D eigenvalue weighted by Crippen LogP contribution is -2.43. The van der Waals surface area contributed by atoms with Gasteiger partial charge in [-0.3, -0.25) is 16.0 Å². The number of nitro groups is 1. The highest BCUT2D eigenvalue weighted by atomic mass is 32.2. The molecule has 1 heterocycles. The maximum atomic E-state index is 10.9. The van der Waals surface area contributed by atoms with Gasteiger partial charge in [-0.2, -0.15) is 11.8 Å². The molecule has 2 rings (SSSR count). The lowest BCUT2D eigenvalue weighted by molar-refractivity contribution is -0.384. The number of benzene rings is 1. The van der Waals surface area contributed by atoms with E-state index in [1.165, 1.54) is 6.07 Å². The van der Waals surface area contributed by atoms with Crippen molar-refractivity contribution in [1.82, 2.24) is 0 Å². The summed E-state index contributed by atoms with van der Waals surface area (Å²) in [6, 6.07) is 4.89. The molecule has 7 heteroatoms. The third-order valence-corrected chi connectivity index (χ3v) is 4.37. The van der Waals surface area contributed by atoms with Crippen LogP contribution in [-0.2, 0) is 0 Å². The molecule has 1 aliphatic heterocycles. The van der Waals surface area contributed by atoms with Gasteiger partial charge < -0.3 is 10.3 Å². The van der Waals surface area contributed by atoms with E-state index in [0.29, 0.717) is 5.69 Å². The van der Waals surface area contributed by atoms with E-state index < -0.39 is 4.92 Å². The van der Waals surface area contributed by atoms with Gasteiger partial charge in [0.1, 0.15) is 0 Å². The van der Waals surface area contributed by atoms with Crippen LogP contribution in [0.3, 0.4) is 0 Å². The number of hydrogen-bond acceptors (Lipinski definition) is 6. The minimum atomic E-state index is -0.395. The topological polar surface area (TPSA) is 84.4 Å². The Morgan fingerprint density at radius 2 is 2.21 bits per heavy atom. The van der Waals surface area contributed by atoms with E-state index >= 15 is 0 Å². The molecule has 0 amide bonds. The highest BCUT2D eigenvalue weighted by Gasteiger charge is 2.28. The summed E-state index contributed by atoms with van der Waals surface area (Å²) in [7, 11) is 0. The summed E-state index contributed by atoms with van der Waals surface area (Å²) in [5, 5.41) is 10.9. The zero-order valence-electron chi connectivity index (χ0n) is 11.0. The molecule has 0 radical (unpaired) electrons. The van der Waals surface area contributed by atoms with Crippen LogP contribution in [0.4, 0.5) is 17.1 Å². The van der Waals surface area contributed by atoms with Gasteiger partial charge >= 0.3 is 0 Å². The first-order valence-corrected chi connectivity index (χ1v) is 7.05. The van der Waals surface area contributed by atoms with E-state index in [-0.39, 0.29) is 10.4 Å². The van der Waals surface area contributed by atoms with Crippen molar-refractivity contribution in [3.63, 3.8) is 0 Å². The molecule has 3 N–H and O–H groups in total. The third-order valence-electron chi connectivity index (χ3n) is 3.07. The molecule has 1 aliphatic rings. The maximum absolute atomic E-state index is 10.9. The van der Waals surface area contributed by atoms with Crippen molar-refractivity contribution < 1.29 is 4.92 Å². The smallest absolute Gasteiger partial charge is 0.273 e. The Kier molecular flexibility index (Phi) is 3.86. The summed E-state index contributed by atoms with van der Waals surface area (Å²) < 4.78 is 0.152. The maximum Gasteiger partial charge on any atom is 0.273 e. The number of nitro benzene ring substituents is 1. The summed E-state index contributed by atoms with van der Waals surface area (Å²) in [4.78, 5) is 12.7. The van der Waals surface area contributed by atoms with Crippen molar-refractivity contribution in [1.29, 1.82) is 0 Å². The van der Waals surface area contributed by atoms with Gasteiger partial charge in [0, 0.05) is 41.4 Å². The van der Waals surface area contributed by atoms with Crippen LogP contribution in [0.1, 0.15) is 13.8 Å². The summed E-state index contributed by atoms with van der Waals surface area (Å²) >= 11 is 1.92. The van der Waals surface area contributed by atoms with E-state index in [1.54, 1.807) is 6.07 Å². The standard InChI is InChI=1S/C12H18N4O2S/c1-12(2)8-15(3-4-19-12)10-5-9(14-13)6-11(7-10)16(17)18/h5-7,14H,3-4,8,13H2,1-2H3. The molecular formula is C12H18N4O2S. The van der Waals surface area contributed by atoms with Crippen LogP contribution in [0.25, 0.3) is 0 Å². The second-order valence-corrected chi connectivity index (χ2v) is 6.97. The Morgan fingerprint density at radius 3 is 2.79 bits per heavy atom. The highest BCUT2D eigenvalue weighted by Crippen LogP contribution is 2.34. The van der Waals surface area contributed by atoms with Crippen LogP contribution < -0.4 is 16.2 Å². The van der Waals surface area contributed by atoms with Gasteiger partial charge in [-0.1, -0.05) is 0 Å². The number of nitrogens with zero attached hydrogens (tertiary/aromatic N) is 2. The number of nitrogens with one attached hydrogen (secondary N) is 1. The molecule has 0 saturated carbocycles. The minimum absolute atomic E-state index is 0.0569. The van der Waals surface area contributed by atoms with Crippen LogP contribution in [-0.4, -0.2) is 28.5 Å². The van der Waals surface area contributed by atoms with Gasteiger partial charge in [0.25, 0.3) is 5.69 Å². The lowest BCUT2D eigenvalue weighted by Gasteiger charge is -2.39. The molecule has 0 aliphatic carbocycles. The Morgan fingerprint density at radius 1 is 1.47 bits per heavy atom. The summed E-state index contributed by atoms with van der Waals surface area (Å²) in [5.41, 5.74) is 3.94. The number of hydrazine groups is 1. The number of anilines is 2. The fourth-order valence-corrected chi connectivity index (χ4v) is 3.31. The Balaban J connectivity index is 2.33. The van der Waals surface area contributed by atoms with Gasteiger partial charge in [0.2, 0.25) is 0 Å². The molecule has 19 heavy (non-hydrogen) atoms. The van der Waals surface area contributed by atoms with Gasteiger partial charge in [-0.05, 0) is 19.9 Å². The Labute approximate surface area is 116 Å². The van der Waals surface area contributed by atoms with Crippen LogP contribution in [0.15, 0.2) is 18.2 Å². The summed E-state index contributed by atoms with van der Waals surface area (Å²) in [6.45, 7) is 6.12. The number of nitrogen functional groups attached to an aromatic ring is 1. The zero-order chi connectivity index (χ0) is 14.0. The number of thioether (sulfide) groups is 1. The van der Waals surface area contributed by atoms with E-state index in [2.05, 4.69) is 24.2 Å². The van der Waals surface area contributed by atoms with Gasteiger partial charge in [0.05, 0.1) is 10.6 Å². The molecule has 0 bridgehead atoms. The van der Waals surface area contributed by atoms with E-state index in [0.717, 1.165) is 24.5 Å². The molecule has 0 unspecified atom stereocenters. The first kappa shape index (κ1) is 14.0. The molecule has 1 aromatic carbocycles. The quantitative estimate of drug-likeness (QED) is 0.502. The SMILES string of the molecule is CC1(C)CN(c2cc(NN)cc([N+](=O)[O-])c2)CCS1. The number of rotatable bonds is 3. The van der Waals surface area contributed by atoms with Crippen molar-refractivity contribution in [3.8, 4) is 0 Å². The molecule has 1 aromatic rings. The summed E-state index contributed by atoms with van der Waals surface area (Å²) in [6.07, 6.45) is 0. The van der Waals surface area contributed by atoms with Gasteiger partial charge in [-0.25, -0.2) is 0 Å². The zero-order valence-corrected chi connectivity index (χ0v) is 11.9. The van der Waals surface area contributed by atoms with Crippen molar-refractivity contribution in [3.05, 3.63) is 28.3 Å².